The molecule has 1 saturated heterocycles. The Morgan fingerprint density at radius 1 is 1.17 bits per heavy atom. The third-order valence-corrected chi connectivity index (χ3v) is 10.2. The Kier molecular flexibility index (Phi) is 7.05. The largest absolute Gasteiger partial charge is 0.493 e. The summed E-state index contributed by atoms with van der Waals surface area (Å²) in [6.45, 7) is 11.3. The molecule has 222 valence electrons. The summed E-state index contributed by atoms with van der Waals surface area (Å²) in [5.41, 5.74) is 4.16. The average Bonchev–Trinajstić information content (AvgIpc) is 3.29. The van der Waals surface area contributed by atoms with Gasteiger partial charge in [-0.05, 0) is 93.9 Å². The Balaban J connectivity index is 1.48. The molecule has 5 atom stereocenters. The first-order valence-corrected chi connectivity index (χ1v) is 15.2. The van der Waals surface area contributed by atoms with E-state index in [1.807, 2.05) is 29.2 Å². The molecule has 1 amide bonds. The number of likely N-dealkylation sites (tertiary alicyclic amines) is 1. The molecular formula is C35H42N2O5. The topological polar surface area (TPSA) is 68.3 Å². The summed E-state index contributed by atoms with van der Waals surface area (Å²) in [5.74, 6) is 7.29. The number of amides is 1. The lowest BCUT2D eigenvalue weighted by atomic mass is 9.48. The van der Waals surface area contributed by atoms with Crippen molar-refractivity contribution in [3.8, 4) is 23.3 Å². The van der Waals surface area contributed by atoms with Crippen LogP contribution in [0.25, 0.3) is 0 Å². The fourth-order valence-corrected chi connectivity index (χ4v) is 8.41. The number of hydrogen-bond donors (Lipinski definition) is 0. The number of piperidine rings is 1. The standard InChI is InChI=1S/C35H42N2O5/c1-21(2)20-37(30(39)13-10-25-9-8-22(3)23(4)18-25)27-14-15-35(42-24(5)38)29-19-26-11-12-28(40-7)32-31(26)34(35,33(27)41-32)16-17-36(29)6/h8-9,11-12,18,21,27,29,33H,14-17,19-20H2,1-7H3/t27-,29-,33+,34+,35-/m1/s1. The van der Waals surface area contributed by atoms with Gasteiger partial charge in [-0.3, -0.25) is 14.5 Å². The van der Waals surface area contributed by atoms with Gasteiger partial charge in [-0.15, -0.1) is 0 Å². The highest BCUT2D eigenvalue weighted by molar-refractivity contribution is 5.94. The van der Waals surface area contributed by atoms with Crippen molar-refractivity contribution >= 4 is 11.9 Å². The molecule has 4 aliphatic rings. The zero-order valence-electron chi connectivity index (χ0n) is 25.9. The quantitative estimate of drug-likeness (QED) is 0.388. The number of hydrogen-bond acceptors (Lipinski definition) is 6. The van der Waals surface area contributed by atoms with E-state index in [4.69, 9.17) is 14.2 Å². The minimum atomic E-state index is -0.755. The Hall–Kier alpha value is -3.50. The summed E-state index contributed by atoms with van der Waals surface area (Å²) >= 11 is 0. The number of nitrogens with zero attached hydrogens (tertiary/aromatic N) is 2. The molecule has 1 spiro atoms. The third kappa shape index (κ3) is 4.13. The van der Waals surface area contributed by atoms with Crippen LogP contribution in [0.2, 0.25) is 0 Å². The van der Waals surface area contributed by atoms with Gasteiger partial charge in [0.1, 0.15) is 11.7 Å². The zero-order valence-corrected chi connectivity index (χ0v) is 25.9. The van der Waals surface area contributed by atoms with Crippen molar-refractivity contribution in [2.24, 2.45) is 5.92 Å². The fourth-order valence-electron chi connectivity index (χ4n) is 8.41. The van der Waals surface area contributed by atoms with Gasteiger partial charge in [0.05, 0.1) is 24.6 Å². The van der Waals surface area contributed by atoms with E-state index in [0.29, 0.717) is 25.1 Å². The van der Waals surface area contributed by atoms with E-state index in [1.165, 1.54) is 18.1 Å². The van der Waals surface area contributed by atoms with Crippen LogP contribution in [0.4, 0.5) is 0 Å². The molecule has 2 fully saturated rings. The van der Waals surface area contributed by atoms with Crippen LogP contribution < -0.4 is 9.47 Å². The summed E-state index contributed by atoms with van der Waals surface area (Å²) in [6, 6.07) is 9.95. The van der Waals surface area contributed by atoms with Gasteiger partial charge in [0.2, 0.25) is 0 Å². The van der Waals surface area contributed by atoms with Crippen LogP contribution in [0.15, 0.2) is 30.3 Å². The molecule has 2 bridgehead atoms. The Labute approximate surface area is 249 Å². The SMILES string of the molecule is COc1ccc2c3c1O[C@H]1[C@H](N(CC(C)C)C(=O)C#Cc4ccc(C)c(C)c4)CC[C@@]4(OC(C)=O)[C@@H](C2)N(C)CC[C@]314. The fraction of sp³-hybridized carbons (Fsp3) is 0.543. The van der Waals surface area contributed by atoms with E-state index in [-0.39, 0.29) is 29.9 Å². The minimum absolute atomic E-state index is 0.0212. The number of carbonyl (C=O) groups is 2. The maximum atomic E-state index is 14.0. The maximum absolute atomic E-state index is 14.0. The second-order valence-corrected chi connectivity index (χ2v) is 13.1. The molecule has 6 rings (SSSR count). The van der Waals surface area contributed by atoms with E-state index in [0.717, 1.165) is 41.8 Å². The molecule has 7 heteroatoms. The van der Waals surface area contributed by atoms with Crippen molar-refractivity contribution in [1.29, 1.82) is 0 Å². The molecule has 42 heavy (non-hydrogen) atoms. The summed E-state index contributed by atoms with van der Waals surface area (Å²) in [5, 5.41) is 0. The number of methoxy groups -OCH3 is 1. The molecule has 2 aliphatic heterocycles. The number of ether oxygens (including phenoxy) is 3. The highest BCUT2D eigenvalue weighted by Gasteiger charge is 2.75. The monoisotopic (exact) mass is 570 g/mol. The second kappa shape index (κ2) is 10.3. The van der Waals surface area contributed by atoms with Crippen molar-refractivity contribution in [3.63, 3.8) is 0 Å². The lowest BCUT2D eigenvalue weighted by molar-refractivity contribution is -0.221. The van der Waals surface area contributed by atoms with Crippen molar-refractivity contribution in [2.75, 3.05) is 27.2 Å². The van der Waals surface area contributed by atoms with Crippen LogP contribution in [0, 0.1) is 31.6 Å². The molecular weight excluding hydrogens is 528 g/mol. The predicted octanol–water partition coefficient (Wildman–Crippen LogP) is 4.57. The molecule has 2 heterocycles. The maximum Gasteiger partial charge on any atom is 0.303 e. The van der Waals surface area contributed by atoms with E-state index >= 15 is 0 Å². The lowest BCUT2D eigenvalue weighted by Crippen LogP contribution is -2.79. The number of benzene rings is 2. The summed E-state index contributed by atoms with van der Waals surface area (Å²) in [4.78, 5) is 31.1. The van der Waals surface area contributed by atoms with Crippen LogP contribution in [-0.4, -0.2) is 72.7 Å². The van der Waals surface area contributed by atoms with Crippen LogP contribution in [0.3, 0.4) is 0 Å². The van der Waals surface area contributed by atoms with Crippen LogP contribution in [0.1, 0.15) is 67.9 Å². The van der Waals surface area contributed by atoms with Crippen molar-refractivity contribution in [3.05, 3.63) is 58.1 Å². The lowest BCUT2D eigenvalue weighted by Gasteiger charge is -2.65. The van der Waals surface area contributed by atoms with Gasteiger partial charge >= 0.3 is 5.97 Å². The van der Waals surface area contributed by atoms with Gasteiger partial charge < -0.3 is 19.1 Å². The van der Waals surface area contributed by atoms with E-state index in [1.54, 1.807) is 7.11 Å². The number of esters is 1. The first-order valence-electron chi connectivity index (χ1n) is 15.2. The van der Waals surface area contributed by atoms with Crippen molar-refractivity contribution < 1.29 is 23.8 Å². The first-order chi connectivity index (χ1) is 20.0. The van der Waals surface area contributed by atoms with Gasteiger partial charge in [0.15, 0.2) is 11.5 Å². The number of likely N-dealkylation sites (N-methyl/N-ethyl adjacent to an activating group) is 1. The first kappa shape index (κ1) is 28.6. The third-order valence-electron chi connectivity index (χ3n) is 10.2. The van der Waals surface area contributed by atoms with E-state index in [2.05, 4.69) is 57.5 Å². The smallest absolute Gasteiger partial charge is 0.303 e. The minimum Gasteiger partial charge on any atom is -0.493 e. The molecule has 0 radical (unpaired) electrons. The molecule has 7 nitrogen and oxygen atoms in total. The molecule has 0 unspecified atom stereocenters. The van der Waals surface area contributed by atoms with Gasteiger partial charge in [0.25, 0.3) is 5.91 Å². The molecule has 1 saturated carbocycles. The highest BCUT2D eigenvalue weighted by Crippen LogP contribution is 2.67. The van der Waals surface area contributed by atoms with Crippen molar-refractivity contribution in [1.82, 2.24) is 9.80 Å². The summed E-state index contributed by atoms with van der Waals surface area (Å²) in [6.07, 6.45) is 2.45. The van der Waals surface area contributed by atoms with Crippen LogP contribution in [0.5, 0.6) is 11.5 Å². The molecule has 2 aliphatic carbocycles. The summed E-state index contributed by atoms with van der Waals surface area (Å²) in [7, 11) is 3.79. The van der Waals surface area contributed by atoms with Crippen LogP contribution >= 0.6 is 0 Å². The van der Waals surface area contributed by atoms with Gasteiger partial charge in [0, 0.05) is 30.5 Å². The zero-order chi connectivity index (χ0) is 30.0. The van der Waals surface area contributed by atoms with E-state index in [9.17, 15) is 9.59 Å². The number of aryl methyl sites for hydroxylation is 2. The van der Waals surface area contributed by atoms with Crippen LogP contribution in [-0.2, 0) is 26.2 Å². The number of rotatable bonds is 5. The highest BCUT2D eigenvalue weighted by atomic mass is 16.6. The van der Waals surface area contributed by atoms with Gasteiger partial charge in [-0.25, -0.2) is 0 Å². The Bertz CT molecular complexity index is 1500. The van der Waals surface area contributed by atoms with Gasteiger partial charge in [-0.2, -0.15) is 0 Å². The molecule has 2 aromatic carbocycles. The normalized spacial score (nSPS) is 28.7. The molecule has 0 N–H and O–H groups in total. The summed E-state index contributed by atoms with van der Waals surface area (Å²) < 4.78 is 19.3. The second-order valence-electron chi connectivity index (χ2n) is 13.1. The predicted molar refractivity (Wildman–Crippen MR) is 161 cm³/mol. The number of carbonyl (C=O) groups excluding carboxylic acids is 2. The van der Waals surface area contributed by atoms with Crippen molar-refractivity contribution in [2.45, 2.75) is 89.5 Å². The van der Waals surface area contributed by atoms with Gasteiger partial charge in [-0.1, -0.05) is 31.9 Å². The average molecular weight is 571 g/mol. The van der Waals surface area contributed by atoms with E-state index < -0.39 is 17.1 Å². The molecule has 2 aromatic rings. The Morgan fingerprint density at radius 2 is 1.95 bits per heavy atom. The molecule has 0 aromatic heterocycles. The Morgan fingerprint density at radius 3 is 2.64 bits per heavy atom.